The van der Waals surface area contributed by atoms with Gasteiger partial charge in [0.2, 0.25) is 0 Å². The van der Waals surface area contributed by atoms with Crippen molar-refractivity contribution in [1.29, 1.82) is 0 Å². The van der Waals surface area contributed by atoms with Crippen molar-refractivity contribution in [2.75, 3.05) is 0 Å². The molecule has 1 heterocycles. The summed E-state index contributed by atoms with van der Waals surface area (Å²) in [5.41, 5.74) is 8.92. The fraction of sp³-hybridized carbons (Fsp3) is 0.562. The van der Waals surface area contributed by atoms with E-state index in [1.807, 2.05) is 12.1 Å². The van der Waals surface area contributed by atoms with Crippen molar-refractivity contribution in [3.63, 3.8) is 0 Å². The number of aryl methyl sites for hydroxylation is 1. The molecule has 1 fully saturated rings. The van der Waals surface area contributed by atoms with Crippen molar-refractivity contribution in [1.82, 2.24) is 4.90 Å². The number of piperidine rings is 1. The Labute approximate surface area is 121 Å². The molecular weight excluding hydrogens is 250 g/mol. The molecule has 1 aromatic rings. The third kappa shape index (κ3) is 3.12. The molecule has 0 aromatic heterocycles. The lowest BCUT2D eigenvalue weighted by Gasteiger charge is -2.39. The predicted octanol–water partition coefficient (Wildman–Crippen LogP) is 2.85. The number of likely N-dealkylation sites (tertiary alicyclic amines) is 1. The Morgan fingerprint density at radius 1 is 1.35 bits per heavy atom. The molecule has 4 nitrogen and oxygen atoms in total. The van der Waals surface area contributed by atoms with Crippen LogP contribution >= 0.6 is 0 Å². The molecule has 2 rings (SSSR count). The molecule has 2 atom stereocenters. The van der Waals surface area contributed by atoms with Gasteiger partial charge in [-0.2, -0.15) is 0 Å². The molecule has 0 spiro atoms. The number of benzene rings is 1. The van der Waals surface area contributed by atoms with Crippen molar-refractivity contribution in [3.8, 4) is 0 Å². The quantitative estimate of drug-likeness (QED) is 0.386. The molecule has 2 unspecified atom stereocenters. The van der Waals surface area contributed by atoms with Crippen LogP contribution in [0.25, 0.3) is 0 Å². The van der Waals surface area contributed by atoms with Gasteiger partial charge in [0.15, 0.2) is 5.84 Å². The maximum Gasteiger partial charge on any atom is 0.170 e. The fourth-order valence-corrected chi connectivity index (χ4v) is 3.07. The second-order valence-electron chi connectivity index (χ2n) is 5.93. The number of hydrogen-bond acceptors (Lipinski definition) is 3. The fourth-order valence-electron chi connectivity index (χ4n) is 3.07. The number of hydrogen-bond donors (Lipinski definition) is 2. The highest BCUT2D eigenvalue weighted by molar-refractivity contribution is 5.97. The summed E-state index contributed by atoms with van der Waals surface area (Å²) in [6.45, 7) is 7.69. The number of nitrogens with zero attached hydrogens (tertiary/aromatic N) is 2. The SMILES string of the molecule is Cc1cc(/C(N)=N/O)ccc1CN1C(C)CCCC1C. The highest BCUT2D eigenvalue weighted by Crippen LogP contribution is 2.25. The minimum Gasteiger partial charge on any atom is -0.409 e. The van der Waals surface area contributed by atoms with Crippen molar-refractivity contribution < 1.29 is 5.21 Å². The third-order valence-corrected chi connectivity index (χ3v) is 4.48. The van der Waals surface area contributed by atoms with Gasteiger partial charge in [0.25, 0.3) is 0 Å². The van der Waals surface area contributed by atoms with Crippen LogP contribution in [0.3, 0.4) is 0 Å². The Balaban J connectivity index is 2.17. The summed E-state index contributed by atoms with van der Waals surface area (Å²) in [5.74, 6) is 0.166. The zero-order chi connectivity index (χ0) is 14.7. The number of amidine groups is 1. The van der Waals surface area contributed by atoms with Crippen LogP contribution in [0.2, 0.25) is 0 Å². The summed E-state index contributed by atoms with van der Waals surface area (Å²) >= 11 is 0. The van der Waals surface area contributed by atoms with Gasteiger partial charge in [-0.05, 0) is 50.8 Å². The van der Waals surface area contributed by atoms with Crippen LogP contribution in [-0.4, -0.2) is 28.0 Å². The Bertz CT molecular complexity index is 488. The lowest BCUT2D eigenvalue weighted by atomic mass is 9.95. The van der Waals surface area contributed by atoms with Crippen LogP contribution in [0, 0.1) is 6.92 Å². The molecule has 1 aliphatic heterocycles. The van der Waals surface area contributed by atoms with E-state index in [1.165, 1.54) is 30.4 Å². The molecule has 0 amide bonds. The average Bonchev–Trinajstić information content (AvgIpc) is 2.43. The van der Waals surface area contributed by atoms with Crippen LogP contribution in [-0.2, 0) is 6.54 Å². The molecular formula is C16H25N3O. The highest BCUT2D eigenvalue weighted by Gasteiger charge is 2.24. The minimum atomic E-state index is 0.166. The lowest BCUT2D eigenvalue weighted by molar-refractivity contribution is 0.0951. The Morgan fingerprint density at radius 3 is 2.55 bits per heavy atom. The van der Waals surface area contributed by atoms with Gasteiger partial charge >= 0.3 is 0 Å². The first-order valence-electron chi connectivity index (χ1n) is 7.36. The van der Waals surface area contributed by atoms with E-state index in [1.54, 1.807) is 0 Å². The lowest BCUT2D eigenvalue weighted by Crippen LogP contribution is -2.43. The van der Waals surface area contributed by atoms with Crippen LogP contribution in [0.5, 0.6) is 0 Å². The van der Waals surface area contributed by atoms with Gasteiger partial charge in [-0.15, -0.1) is 0 Å². The van der Waals surface area contributed by atoms with E-state index in [-0.39, 0.29) is 5.84 Å². The summed E-state index contributed by atoms with van der Waals surface area (Å²) in [6.07, 6.45) is 3.90. The topological polar surface area (TPSA) is 61.9 Å². The zero-order valence-electron chi connectivity index (χ0n) is 12.6. The second kappa shape index (κ2) is 6.27. The summed E-state index contributed by atoms with van der Waals surface area (Å²) in [7, 11) is 0. The Kier molecular flexibility index (Phi) is 4.65. The van der Waals surface area contributed by atoms with Crippen molar-refractivity contribution in [2.45, 2.75) is 58.7 Å². The molecule has 0 saturated carbocycles. The van der Waals surface area contributed by atoms with Crippen LogP contribution in [0.15, 0.2) is 23.4 Å². The first kappa shape index (κ1) is 14.9. The van der Waals surface area contributed by atoms with E-state index in [0.29, 0.717) is 12.1 Å². The van der Waals surface area contributed by atoms with Crippen LogP contribution in [0.4, 0.5) is 0 Å². The molecule has 3 N–H and O–H groups in total. The summed E-state index contributed by atoms with van der Waals surface area (Å²) in [4.78, 5) is 2.58. The average molecular weight is 275 g/mol. The molecule has 20 heavy (non-hydrogen) atoms. The van der Waals surface area contributed by atoms with E-state index in [4.69, 9.17) is 10.9 Å². The van der Waals surface area contributed by atoms with Gasteiger partial charge in [-0.3, -0.25) is 4.90 Å². The molecule has 0 aliphatic carbocycles. The van der Waals surface area contributed by atoms with Gasteiger partial charge in [-0.1, -0.05) is 23.7 Å². The van der Waals surface area contributed by atoms with Crippen molar-refractivity contribution in [3.05, 3.63) is 34.9 Å². The van der Waals surface area contributed by atoms with E-state index >= 15 is 0 Å². The summed E-state index contributed by atoms with van der Waals surface area (Å²) in [6, 6.07) is 7.29. The number of nitrogens with two attached hydrogens (primary N) is 1. The monoisotopic (exact) mass is 275 g/mol. The highest BCUT2D eigenvalue weighted by atomic mass is 16.4. The summed E-state index contributed by atoms with van der Waals surface area (Å²) in [5, 5.41) is 11.8. The van der Waals surface area contributed by atoms with Gasteiger partial charge in [-0.25, -0.2) is 0 Å². The molecule has 1 saturated heterocycles. The molecule has 4 heteroatoms. The van der Waals surface area contributed by atoms with Gasteiger partial charge < -0.3 is 10.9 Å². The van der Waals surface area contributed by atoms with Gasteiger partial charge in [0.1, 0.15) is 0 Å². The van der Waals surface area contributed by atoms with Gasteiger partial charge in [0, 0.05) is 24.2 Å². The zero-order valence-corrected chi connectivity index (χ0v) is 12.6. The first-order chi connectivity index (χ1) is 9.52. The van der Waals surface area contributed by atoms with Crippen molar-refractivity contribution in [2.24, 2.45) is 10.9 Å². The second-order valence-corrected chi connectivity index (χ2v) is 5.93. The largest absolute Gasteiger partial charge is 0.409 e. The summed E-state index contributed by atoms with van der Waals surface area (Å²) < 4.78 is 0. The normalized spacial score (nSPS) is 24.9. The maximum atomic E-state index is 8.73. The van der Waals surface area contributed by atoms with Crippen LogP contribution < -0.4 is 5.73 Å². The van der Waals surface area contributed by atoms with E-state index in [9.17, 15) is 0 Å². The molecule has 1 aliphatic rings. The predicted molar refractivity (Wildman–Crippen MR) is 82.0 cm³/mol. The molecule has 110 valence electrons. The van der Waals surface area contributed by atoms with Crippen LogP contribution in [0.1, 0.15) is 49.8 Å². The molecule has 0 bridgehead atoms. The number of rotatable bonds is 3. The first-order valence-corrected chi connectivity index (χ1v) is 7.36. The van der Waals surface area contributed by atoms with Crippen molar-refractivity contribution >= 4 is 5.84 Å². The van der Waals surface area contributed by atoms with E-state index in [2.05, 4.69) is 36.9 Å². The standard InChI is InChI=1S/C16H25N3O/c1-11-9-14(16(17)18-20)7-8-15(11)10-19-12(2)5-4-6-13(19)3/h7-9,12-13,20H,4-6,10H2,1-3H3,(H2,17,18). The Hall–Kier alpha value is -1.55. The van der Waals surface area contributed by atoms with E-state index < -0.39 is 0 Å². The number of oxime groups is 1. The minimum absolute atomic E-state index is 0.166. The molecule has 0 radical (unpaired) electrons. The maximum absolute atomic E-state index is 8.73. The van der Waals surface area contributed by atoms with Gasteiger partial charge in [0.05, 0.1) is 0 Å². The van der Waals surface area contributed by atoms with E-state index in [0.717, 1.165) is 12.1 Å². The smallest absolute Gasteiger partial charge is 0.170 e. The third-order valence-electron chi connectivity index (χ3n) is 4.48. The Morgan fingerprint density at radius 2 is 2.00 bits per heavy atom. The molecule has 1 aromatic carbocycles.